The van der Waals surface area contributed by atoms with Gasteiger partial charge in [0.05, 0.1) is 11.8 Å². The summed E-state index contributed by atoms with van der Waals surface area (Å²) in [5, 5.41) is 0. The lowest BCUT2D eigenvalue weighted by Gasteiger charge is -2.26. The fourth-order valence-electron chi connectivity index (χ4n) is 4.24. The van der Waals surface area contributed by atoms with Gasteiger partial charge in [-0.1, -0.05) is 48.6 Å². The lowest BCUT2D eigenvalue weighted by molar-refractivity contribution is -0.156. The largest absolute Gasteiger partial charge is 0.454 e. The molecule has 7 heteroatoms. The summed E-state index contributed by atoms with van der Waals surface area (Å²) >= 11 is 0. The zero-order valence-electron chi connectivity index (χ0n) is 16.7. The van der Waals surface area contributed by atoms with Crippen LogP contribution in [0, 0.1) is 11.8 Å². The Hall–Kier alpha value is -3.22. The van der Waals surface area contributed by atoms with Gasteiger partial charge >= 0.3 is 5.97 Å². The first kappa shape index (κ1) is 20.1. The van der Waals surface area contributed by atoms with E-state index in [0.717, 1.165) is 16.9 Å². The van der Waals surface area contributed by atoms with E-state index in [1.807, 2.05) is 48.6 Å². The van der Waals surface area contributed by atoms with Gasteiger partial charge in [-0.3, -0.25) is 24.1 Å². The first-order chi connectivity index (χ1) is 14.5. The van der Waals surface area contributed by atoms with E-state index in [4.69, 9.17) is 4.74 Å². The van der Waals surface area contributed by atoms with Gasteiger partial charge in [-0.25, -0.2) is 0 Å². The maximum atomic E-state index is 12.4. The molecule has 1 saturated heterocycles. The number of fused-ring (bicyclic) bond motifs is 1. The van der Waals surface area contributed by atoms with Crippen LogP contribution in [-0.4, -0.2) is 59.7 Å². The molecule has 0 unspecified atom stereocenters. The second kappa shape index (κ2) is 8.65. The molecule has 3 amide bonds. The summed E-state index contributed by atoms with van der Waals surface area (Å²) in [5.74, 6) is -2.44. The number of hydrogen-bond donors (Lipinski definition) is 0. The molecule has 7 nitrogen and oxygen atoms in total. The molecule has 30 heavy (non-hydrogen) atoms. The van der Waals surface area contributed by atoms with Crippen LogP contribution in [0.3, 0.4) is 0 Å². The molecular formula is C23H24N2O5. The van der Waals surface area contributed by atoms with Crippen LogP contribution in [0.1, 0.15) is 24.8 Å². The Morgan fingerprint density at radius 2 is 1.67 bits per heavy atom. The second-order valence-corrected chi connectivity index (χ2v) is 7.76. The fraction of sp³-hybridized carbons (Fsp3) is 0.391. The van der Waals surface area contributed by atoms with Crippen LogP contribution in [0.25, 0.3) is 5.57 Å². The maximum absolute atomic E-state index is 12.4. The summed E-state index contributed by atoms with van der Waals surface area (Å²) < 4.78 is 5.07. The summed E-state index contributed by atoms with van der Waals surface area (Å²) in [6.45, 7) is 0.185. The number of allylic oxidation sites excluding steroid dienone is 2. The first-order valence-corrected chi connectivity index (χ1v) is 10.2. The van der Waals surface area contributed by atoms with Crippen molar-refractivity contribution in [1.29, 1.82) is 0 Å². The van der Waals surface area contributed by atoms with Crippen molar-refractivity contribution in [2.75, 3.05) is 26.2 Å². The average Bonchev–Trinajstić information content (AvgIpc) is 3.03. The van der Waals surface area contributed by atoms with Gasteiger partial charge in [-0.2, -0.15) is 0 Å². The minimum atomic E-state index is -0.741. The number of rotatable bonds is 5. The maximum Gasteiger partial charge on any atom is 0.326 e. The van der Waals surface area contributed by atoms with Gasteiger partial charge in [-0.15, -0.1) is 0 Å². The van der Waals surface area contributed by atoms with Crippen LogP contribution in [0.2, 0.25) is 0 Å². The number of imide groups is 1. The third kappa shape index (κ3) is 4.06. The van der Waals surface area contributed by atoms with Crippen LogP contribution in [0.4, 0.5) is 0 Å². The zero-order chi connectivity index (χ0) is 21.1. The van der Waals surface area contributed by atoms with E-state index >= 15 is 0 Å². The Balaban J connectivity index is 1.26. The van der Waals surface area contributed by atoms with Crippen molar-refractivity contribution in [2.45, 2.75) is 19.3 Å². The van der Waals surface area contributed by atoms with Gasteiger partial charge in [0.25, 0.3) is 5.91 Å². The van der Waals surface area contributed by atoms with Crippen molar-refractivity contribution in [2.24, 2.45) is 11.8 Å². The Labute approximate surface area is 175 Å². The quantitative estimate of drug-likeness (QED) is 0.421. The van der Waals surface area contributed by atoms with Crippen molar-refractivity contribution in [1.82, 2.24) is 9.80 Å². The summed E-state index contributed by atoms with van der Waals surface area (Å²) in [6, 6.07) is 10.0. The molecule has 156 valence electrons. The Morgan fingerprint density at radius 3 is 2.27 bits per heavy atom. The Kier molecular flexibility index (Phi) is 5.79. The fourth-order valence-corrected chi connectivity index (χ4v) is 4.24. The highest BCUT2D eigenvalue weighted by Gasteiger charge is 2.47. The molecule has 0 aromatic heterocycles. The number of carbonyl (C=O) groups excluding carboxylic acids is 4. The number of benzene rings is 1. The van der Waals surface area contributed by atoms with Crippen LogP contribution in [-0.2, 0) is 23.9 Å². The average molecular weight is 408 g/mol. The van der Waals surface area contributed by atoms with E-state index in [0.29, 0.717) is 25.9 Å². The Bertz CT molecular complexity index is 895. The molecule has 4 rings (SSSR count). The number of hydrogen-bond acceptors (Lipinski definition) is 5. The van der Waals surface area contributed by atoms with E-state index < -0.39 is 19.1 Å². The molecule has 1 aromatic carbocycles. The molecule has 2 aliphatic heterocycles. The third-order valence-corrected chi connectivity index (χ3v) is 5.95. The summed E-state index contributed by atoms with van der Waals surface area (Å²) in [5.41, 5.74) is 2.34. The number of carbonyl (C=O) groups is 4. The van der Waals surface area contributed by atoms with Crippen LogP contribution < -0.4 is 0 Å². The van der Waals surface area contributed by atoms with E-state index in [1.54, 1.807) is 4.90 Å². The molecule has 3 aliphatic rings. The molecule has 1 aliphatic carbocycles. The second-order valence-electron chi connectivity index (χ2n) is 7.76. The van der Waals surface area contributed by atoms with Crippen LogP contribution in [0.5, 0.6) is 0 Å². The van der Waals surface area contributed by atoms with Gasteiger partial charge in [0.15, 0.2) is 6.61 Å². The normalized spacial score (nSPS) is 23.3. The van der Waals surface area contributed by atoms with Gasteiger partial charge in [0.2, 0.25) is 11.8 Å². The van der Waals surface area contributed by atoms with Gasteiger partial charge in [0.1, 0.15) is 6.54 Å². The van der Waals surface area contributed by atoms with Crippen molar-refractivity contribution >= 4 is 29.3 Å². The lowest BCUT2D eigenvalue weighted by Crippen LogP contribution is -2.40. The molecule has 0 saturated carbocycles. The molecule has 2 heterocycles. The number of nitrogens with zero attached hydrogens (tertiary/aromatic N) is 2. The molecular weight excluding hydrogens is 384 g/mol. The number of amides is 3. The summed E-state index contributed by atoms with van der Waals surface area (Å²) in [6.07, 6.45) is 7.57. The van der Waals surface area contributed by atoms with Crippen molar-refractivity contribution in [3.63, 3.8) is 0 Å². The SMILES string of the molecule is O=C(CN1C(=O)[C@H]2CC=CC[C@@H]2C1=O)OCC(=O)N1CC=C(c2ccccc2)CC1. The van der Waals surface area contributed by atoms with Crippen molar-refractivity contribution in [3.8, 4) is 0 Å². The van der Waals surface area contributed by atoms with E-state index in [-0.39, 0.29) is 29.6 Å². The molecule has 1 fully saturated rings. The predicted octanol–water partition coefficient (Wildman–Crippen LogP) is 1.80. The van der Waals surface area contributed by atoms with Crippen LogP contribution >= 0.6 is 0 Å². The Morgan fingerprint density at radius 1 is 1.00 bits per heavy atom. The predicted molar refractivity (Wildman–Crippen MR) is 109 cm³/mol. The number of ether oxygens (including phenoxy) is 1. The first-order valence-electron chi connectivity index (χ1n) is 10.2. The highest BCUT2D eigenvalue weighted by Crippen LogP contribution is 2.34. The number of likely N-dealkylation sites (tertiary alicyclic amines) is 1. The van der Waals surface area contributed by atoms with Gasteiger partial charge < -0.3 is 9.64 Å². The van der Waals surface area contributed by atoms with E-state index in [9.17, 15) is 19.2 Å². The van der Waals surface area contributed by atoms with E-state index in [2.05, 4.69) is 0 Å². The lowest BCUT2D eigenvalue weighted by atomic mass is 9.85. The number of esters is 1. The molecule has 0 bridgehead atoms. The topological polar surface area (TPSA) is 84.0 Å². The van der Waals surface area contributed by atoms with Crippen LogP contribution in [0.15, 0.2) is 48.6 Å². The minimum Gasteiger partial charge on any atom is -0.454 e. The molecule has 0 radical (unpaired) electrons. The minimum absolute atomic E-state index is 0.288. The molecule has 1 aromatic rings. The van der Waals surface area contributed by atoms with E-state index in [1.165, 1.54) is 5.57 Å². The summed E-state index contributed by atoms with van der Waals surface area (Å²) in [7, 11) is 0. The van der Waals surface area contributed by atoms with Crippen molar-refractivity contribution in [3.05, 3.63) is 54.1 Å². The van der Waals surface area contributed by atoms with Gasteiger partial charge in [0, 0.05) is 13.1 Å². The highest BCUT2D eigenvalue weighted by atomic mass is 16.5. The van der Waals surface area contributed by atoms with Crippen molar-refractivity contribution < 1.29 is 23.9 Å². The molecule has 0 spiro atoms. The smallest absolute Gasteiger partial charge is 0.326 e. The summed E-state index contributed by atoms with van der Waals surface area (Å²) in [4.78, 5) is 51.9. The molecule has 0 N–H and O–H groups in total. The highest BCUT2D eigenvalue weighted by molar-refractivity contribution is 6.07. The monoisotopic (exact) mass is 408 g/mol. The van der Waals surface area contributed by atoms with Gasteiger partial charge in [-0.05, 0) is 30.4 Å². The zero-order valence-corrected chi connectivity index (χ0v) is 16.7. The molecule has 2 atom stereocenters. The third-order valence-electron chi connectivity index (χ3n) is 5.95. The standard InChI is InChI=1S/C23H24N2O5/c26-20(24-12-10-17(11-13-24)16-6-2-1-3-7-16)15-30-21(27)14-25-22(28)18-8-4-5-9-19(18)23(25)29/h1-7,10,18-19H,8-9,11-15H2/t18-,19-/m0/s1.